The molecule has 8 heteroatoms. The van der Waals surface area contributed by atoms with Crippen LogP contribution >= 0.6 is 11.6 Å². The Morgan fingerprint density at radius 2 is 1.96 bits per heavy atom. The number of nitrogens with zero attached hydrogens (tertiary/aromatic N) is 1. The van der Waals surface area contributed by atoms with Crippen LogP contribution in [0.3, 0.4) is 0 Å². The summed E-state index contributed by atoms with van der Waals surface area (Å²) in [5, 5.41) is 4.03. The van der Waals surface area contributed by atoms with Gasteiger partial charge in [0.1, 0.15) is 19.0 Å². The van der Waals surface area contributed by atoms with Crippen molar-refractivity contribution in [1.82, 2.24) is 5.43 Å². The number of carbonyl (C=O) groups excluding carboxylic acids is 1. The van der Waals surface area contributed by atoms with E-state index in [0.717, 1.165) is 11.3 Å². The van der Waals surface area contributed by atoms with E-state index in [2.05, 4.69) is 10.5 Å². The Balaban J connectivity index is 1.99. The molecule has 0 radical (unpaired) electrons. The van der Waals surface area contributed by atoms with E-state index in [1.807, 2.05) is 31.2 Å². The van der Waals surface area contributed by atoms with E-state index in [-0.39, 0.29) is 0 Å². The van der Waals surface area contributed by atoms with Gasteiger partial charge in [0.05, 0.1) is 18.3 Å². The average Bonchev–Trinajstić information content (AvgIpc) is 2.60. The fourth-order valence-corrected chi connectivity index (χ4v) is 2.41. The number of hydrazone groups is 1. The van der Waals surface area contributed by atoms with E-state index in [9.17, 15) is 4.79 Å². The summed E-state index contributed by atoms with van der Waals surface area (Å²) in [5.74, 6) is 1.65. The largest absolute Gasteiger partial charge is 0.493 e. The molecule has 138 valence electrons. The Labute approximate surface area is 156 Å². The average molecular weight is 378 g/mol. The summed E-state index contributed by atoms with van der Waals surface area (Å²) in [7, 11) is 1.50. The molecule has 0 saturated heterocycles. The molecule has 0 spiro atoms. The highest BCUT2D eigenvalue weighted by Crippen LogP contribution is 2.36. The van der Waals surface area contributed by atoms with E-state index in [1.54, 1.807) is 12.1 Å². The molecule has 0 unspecified atom stereocenters. The summed E-state index contributed by atoms with van der Waals surface area (Å²) in [6.07, 6.45) is 1.39. The minimum absolute atomic E-state index is 0.293. The molecule has 0 heterocycles. The molecule has 0 saturated carbocycles. The van der Waals surface area contributed by atoms with Crippen LogP contribution in [0.2, 0.25) is 5.02 Å². The Morgan fingerprint density at radius 1 is 1.23 bits per heavy atom. The quantitative estimate of drug-likeness (QED) is 0.419. The maximum atomic E-state index is 10.6. The number of carbonyl (C=O) groups is 1. The number of primary amides is 1. The topological polar surface area (TPSA) is 95.2 Å². The lowest BCUT2D eigenvalue weighted by Crippen LogP contribution is -2.24. The number of amides is 2. The molecule has 2 amide bonds. The molecule has 0 atom stereocenters. The van der Waals surface area contributed by atoms with Gasteiger partial charge < -0.3 is 19.9 Å². The Bertz CT molecular complexity index is 796. The number of nitrogens with one attached hydrogen (secondary N) is 1. The number of urea groups is 1. The zero-order chi connectivity index (χ0) is 18.9. The maximum Gasteiger partial charge on any atom is 0.332 e. The number of ether oxygens (including phenoxy) is 3. The number of para-hydroxylation sites is 1. The molecule has 0 aliphatic carbocycles. The van der Waals surface area contributed by atoms with Crippen molar-refractivity contribution in [2.75, 3.05) is 20.3 Å². The van der Waals surface area contributed by atoms with Crippen molar-refractivity contribution in [3.8, 4) is 17.2 Å². The third-order valence-electron chi connectivity index (χ3n) is 3.32. The van der Waals surface area contributed by atoms with Gasteiger partial charge in [-0.15, -0.1) is 0 Å². The first-order chi connectivity index (χ1) is 12.5. The third kappa shape index (κ3) is 5.56. The van der Waals surface area contributed by atoms with Crippen molar-refractivity contribution < 1.29 is 19.0 Å². The molecule has 2 rings (SSSR count). The minimum Gasteiger partial charge on any atom is -0.493 e. The predicted octanol–water partition coefficient (Wildman–Crippen LogP) is 3.12. The van der Waals surface area contributed by atoms with Crippen LogP contribution in [0.15, 0.2) is 41.5 Å². The zero-order valence-electron chi connectivity index (χ0n) is 14.5. The van der Waals surface area contributed by atoms with Gasteiger partial charge >= 0.3 is 6.03 Å². The minimum atomic E-state index is -0.757. The second-order valence-corrected chi connectivity index (χ2v) is 5.64. The molecule has 7 nitrogen and oxygen atoms in total. The van der Waals surface area contributed by atoms with E-state index >= 15 is 0 Å². The standard InChI is InChI=1S/C18H20ClN3O4/c1-12-5-3-4-6-15(12)25-7-8-26-17-14(19)9-13(10-16(17)24-2)11-21-22-18(20)23/h3-6,9-11H,7-8H2,1-2H3,(H3,20,22,23)/b21-11-. The molecule has 3 N–H and O–H groups in total. The second kappa shape index (κ2) is 9.53. The van der Waals surface area contributed by atoms with Gasteiger partial charge in [-0.05, 0) is 36.2 Å². The molecule has 0 aromatic heterocycles. The van der Waals surface area contributed by atoms with Crippen LogP contribution in [0.5, 0.6) is 17.2 Å². The Hall–Kier alpha value is -2.93. The first-order valence-electron chi connectivity index (χ1n) is 7.78. The Morgan fingerprint density at radius 3 is 2.65 bits per heavy atom. The summed E-state index contributed by atoms with van der Waals surface area (Å²) in [4.78, 5) is 10.6. The van der Waals surface area contributed by atoms with Gasteiger partial charge in [0.25, 0.3) is 0 Å². The van der Waals surface area contributed by atoms with Crippen LogP contribution in [0.1, 0.15) is 11.1 Å². The number of halogens is 1. The van der Waals surface area contributed by atoms with Gasteiger partial charge in [-0.25, -0.2) is 10.2 Å². The van der Waals surface area contributed by atoms with E-state index in [1.165, 1.54) is 13.3 Å². The lowest BCUT2D eigenvalue weighted by Gasteiger charge is -2.14. The maximum absolute atomic E-state index is 10.6. The fraction of sp³-hybridized carbons (Fsp3) is 0.222. The SMILES string of the molecule is COc1cc(/C=N\NC(N)=O)cc(Cl)c1OCCOc1ccccc1C. The summed E-state index contributed by atoms with van der Waals surface area (Å²) < 4.78 is 16.7. The number of methoxy groups -OCH3 is 1. The van der Waals surface area contributed by atoms with E-state index in [0.29, 0.717) is 35.3 Å². The fourth-order valence-electron chi connectivity index (χ4n) is 2.14. The van der Waals surface area contributed by atoms with Crippen molar-refractivity contribution in [1.29, 1.82) is 0 Å². The van der Waals surface area contributed by atoms with Crippen LogP contribution < -0.4 is 25.4 Å². The second-order valence-electron chi connectivity index (χ2n) is 5.23. The molecule has 0 aliphatic rings. The summed E-state index contributed by atoms with van der Waals surface area (Å²) in [5.41, 5.74) is 8.71. The van der Waals surface area contributed by atoms with Crippen molar-refractivity contribution in [2.45, 2.75) is 6.92 Å². The highest BCUT2D eigenvalue weighted by Gasteiger charge is 2.12. The smallest absolute Gasteiger partial charge is 0.332 e. The van der Waals surface area contributed by atoms with E-state index < -0.39 is 6.03 Å². The zero-order valence-corrected chi connectivity index (χ0v) is 15.2. The summed E-state index contributed by atoms with van der Waals surface area (Å²) >= 11 is 6.26. The molecule has 26 heavy (non-hydrogen) atoms. The van der Waals surface area contributed by atoms with Crippen molar-refractivity contribution in [3.63, 3.8) is 0 Å². The van der Waals surface area contributed by atoms with Gasteiger partial charge in [-0.3, -0.25) is 0 Å². The summed E-state index contributed by atoms with van der Waals surface area (Å²) in [6, 6.07) is 10.3. The highest BCUT2D eigenvalue weighted by molar-refractivity contribution is 6.32. The highest BCUT2D eigenvalue weighted by atomic mass is 35.5. The lowest BCUT2D eigenvalue weighted by molar-refractivity contribution is 0.210. The van der Waals surface area contributed by atoms with Gasteiger partial charge in [-0.2, -0.15) is 5.10 Å². The molecule has 2 aromatic carbocycles. The molecule has 0 bridgehead atoms. The monoisotopic (exact) mass is 377 g/mol. The molecule has 2 aromatic rings. The summed E-state index contributed by atoms with van der Waals surface area (Å²) in [6.45, 7) is 2.63. The van der Waals surface area contributed by atoms with Crippen LogP contribution in [-0.4, -0.2) is 32.6 Å². The lowest BCUT2D eigenvalue weighted by atomic mass is 10.2. The number of hydrogen-bond donors (Lipinski definition) is 2. The van der Waals surface area contributed by atoms with Gasteiger partial charge in [0.15, 0.2) is 11.5 Å². The van der Waals surface area contributed by atoms with Gasteiger partial charge in [-0.1, -0.05) is 29.8 Å². The number of hydrogen-bond acceptors (Lipinski definition) is 5. The predicted molar refractivity (Wildman–Crippen MR) is 100 cm³/mol. The molecule has 0 fully saturated rings. The molecular weight excluding hydrogens is 358 g/mol. The molecule has 0 aliphatic heterocycles. The van der Waals surface area contributed by atoms with Crippen LogP contribution in [0.25, 0.3) is 0 Å². The van der Waals surface area contributed by atoms with Gasteiger partial charge in [0.2, 0.25) is 0 Å². The first kappa shape index (κ1) is 19.4. The molecular formula is C18H20ClN3O4. The number of rotatable bonds is 8. The van der Waals surface area contributed by atoms with Crippen LogP contribution in [0.4, 0.5) is 4.79 Å². The van der Waals surface area contributed by atoms with Crippen LogP contribution in [-0.2, 0) is 0 Å². The van der Waals surface area contributed by atoms with Crippen LogP contribution in [0, 0.1) is 6.92 Å². The van der Waals surface area contributed by atoms with Crippen molar-refractivity contribution in [2.24, 2.45) is 10.8 Å². The van der Waals surface area contributed by atoms with E-state index in [4.69, 9.17) is 31.5 Å². The number of aryl methyl sites for hydroxylation is 1. The Kier molecular flexibility index (Phi) is 7.11. The number of benzene rings is 2. The third-order valence-corrected chi connectivity index (χ3v) is 3.60. The number of nitrogens with two attached hydrogens (primary N) is 1. The normalized spacial score (nSPS) is 10.6. The first-order valence-corrected chi connectivity index (χ1v) is 8.16. The van der Waals surface area contributed by atoms with Crippen molar-refractivity contribution >= 4 is 23.8 Å². The van der Waals surface area contributed by atoms with Gasteiger partial charge in [0, 0.05) is 0 Å². The van der Waals surface area contributed by atoms with Crippen molar-refractivity contribution in [3.05, 3.63) is 52.5 Å².